The first-order valence-electron chi connectivity index (χ1n) is 15.6. The molecular weight excluding hydrogens is 658 g/mol. The fourth-order valence-electron chi connectivity index (χ4n) is 4.63. The van der Waals surface area contributed by atoms with E-state index in [1.165, 1.54) is 25.2 Å². The monoisotopic (exact) mass is 703 g/mol. The maximum atomic E-state index is 13.6. The van der Waals surface area contributed by atoms with Gasteiger partial charge in [0.05, 0.1) is 30.1 Å². The molecule has 4 atom stereocenters. The third-order valence-electron chi connectivity index (χ3n) is 7.60. The van der Waals surface area contributed by atoms with Crippen molar-refractivity contribution < 1.29 is 27.6 Å². The Labute approximate surface area is 288 Å². The van der Waals surface area contributed by atoms with Gasteiger partial charge in [-0.15, -0.1) is 0 Å². The lowest BCUT2D eigenvalue weighted by Crippen LogP contribution is -2.55. The molecule has 0 aromatic heterocycles. The summed E-state index contributed by atoms with van der Waals surface area (Å²) >= 11 is 6.10. The van der Waals surface area contributed by atoms with Gasteiger partial charge in [-0.1, -0.05) is 37.6 Å². The zero-order valence-electron chi connectivity index (χ0n) is 28.4. The summed E-state index contributed by atoms with van der Waals surface area (Å²) in [4.78, 5) is 52.3. The summed E-state index contributed by atoms with van der Waals surface area (Å²) in [6.45, 7) is 9.34. The quantitative estimate of drug-likeness (QED) is 0.166. The average molecular weight is 704 g/mol. The predicted molar refractivity (Wildman–Crippen MR) is 186 cm³/mol. The van der Waals surface area contributed by atoms with Gasteiger partial charge in [0, 0.05) is 48.7 Å². The first-order chi connectivity index (χ1) is 22.5. The van der Waals surface area contributed by atoms with Crippen LogP contribution in [-0.2, 0) is 19.6 Å². The molecule has 0 radical (unpaired) electrons. The summed E-state index contributed by atoms with van der Waals surface area (Å²) in [5.74, 6) is -2.02. The number of benzene rings is 2. The Balaban J connectivity index is 2.29. The smallest absolute Gasteiger partial charge is 0.251 e. The number of nitrogens with zero attached hydrogens (tertiary/aromatic N) is 2. The molecule has 0 saturated carbocycles. The van der Waals surface area contributed by atoms with Crippen LogP contribution in [0.1, 0.15) is 79.8 Å². The number of sulfonamides is 1. The van der Waals surface area contributed by atoms with Gasteiger partial charge in [0.25, 0.3) is 11.8 Å². The van der Waals surface area contributed by atoms with Gasteiger partial charge < -0.3 is 26.6 Å². The normalized spacial score (nSPS) is 13.8. The Morgan fingerprint density at radius 3 is 2.10 bits per heavy atom. The van der Waals surface area contributed by atoms with E-state index in [1.807, 2.05) is 19.9 Å². The standard InChI is InChI=1S/C33H46ClN7O6S/c1-8-36-33(45)29(20(2)3)40-30(42)22(5)37-19-27(13-10-14-35)39-32(44)25-15-24(17-28(18-25)41(6)48(7,46)47)31(43)38-21(4)23-11-9-12-26(34)16-23/h9,11-12,15-18,20-22,27,29,37H,8,10,13,19H2,1-7H3,(H,36,45)(H,38,43)(H,39,44)(H,40,42)/t21-,22+,27+,29+/m1/s1. The van der Waals surface area contributed by atoms with Crippen molar-refractivity contribution in [1.82, 2.24) is 26.6 Å². The van der Waals surface area contributed by atoms with E-state index in [2.05, 4.69) is 26.6 Å². The van der Waals surface area contributed by atoms with Crippen LogP contribution in [0.4, 0.5) is 5.69 Å². The molecule has 0 aliphatic carbocycles. The van der Waals surface area contributed by atoms with Crippen LogP contribution in [0, 0.1) is 17.2 Å². The van der Waals surface area contributed by atoms with Crippen molar-refractivity contribution >= 4 is 50.9 Å². The van der Waals surface area contributed by atoms with E-state index in [4.69, 9.17) is 11.6 Å². The van der Waals surface area contributed by atoms with Crippen LogP contribution in [-0.4, -0.2) is 76.6 Å². The van der Waals surface area contributed by atoms with Crippen LogP contribution >= 0.6 is 11.6 Å². The lowest BCUT2D eigenvalue weighted by atomic mass is 10.0. The molecule has 48 heavy (non-hydrogen) atoms. The second-order valence-electron chi connectivity index (χ2n) is 11.9. The maximum absolute atomic E-state index is 13.6. The Bertz CT molecular complexity index is 1610. The molecule has 0 fully saturated rings. The molecule has 262 valence electrons. The molecule has 2 aromatic carbocycles. The van der Waals surface area contributed by atoms with Crippen molar-refractivity contribution in [3.05, 3.63) is 64.2 Å². The van der Waals surface area contributed by atoms with Gasteiger partial charge in [-0.25, -0.2) is 8.42 Å². The minimum atomic E-state index is -3.75. The summed E-state index contributed by atoms with van der Waals surface area (Å²) in [5.41, 5.74) is 0.899. The number of hydrogen-bond donors (Lipinski definition) is 5. The van der Waals surface area contributed by atoms with Crippen molar-refractivity contribution in [2.75, 3.05) is 30.7 Å². The van der Waals surface area contributed by atoms with Crippen LogP contribution < -0.4 is 30.9 Å². The van der Waals surface area contributed by atoms with Gasteiger partial charge in [-0.05, 0) is 69.0 Å². The molecular formula is C33H46ClN7O6S. The summed E-state index contributed by atoms with van der Waals surface area (Å²) in [5, 5.41) is 23.9. The zero-order valence-corrected chi connectivity index (χ0v) is 30.0. The molecule has 5 N–H and O–H groups in total. The van der Waals surface area contributed by atoms with Crippen LogP contribution in [0.5, 0.6) is 0 Å². The number of carbonyl (C=O) groups is 4. The van der Waals surface area contributed by atoms with Crippen LogP contribution in [0.3, 0.4) is 0 Å². The van der Waals surface area contributed by atoms with Crippen molar-refractivity contribution in [3.63, 3.8) is 0 Å². The molecule has 15 heteroatoms. The van der Waals surface area contributed by atoms with E-state index >= 15 is 0 Å². The molecule has 13 nitrogen and oxygen atoms in total. The highest BCUT2D eigenvalue weighted by Gasteiger charge is 2.27. The molecule has 0 bridgehead atoms. The van der Waals surface area contributed by atoms with Crippen molar-refractivity contribution in [2.24, 2.45) is 5.92 Å². The number of nitriles is 1. The summed E-state index contributed by atoms with van der Waals surface area (Å²) in [7, 11) is -2.44. The highest BCUT2D eigenvalue weighted by Crippen LogP contribution is 2.23. The first-order valence-corrected chi connectivity index (χ1v) is 17.9. The number of hydrogen-bond acceptors (Lipinski definition) is 8. The second kappa shape index (κ2) is 18.4. The van der Waals surface area contributed by atoms with Crippen LogP contribution in [0.25, 0.3) is 0 Å². The van der Waals surface area contributed by atoms with Gasteiger partial charge in [0.15, 0.2) is 0 Å². The zero-order chi connectivity index (χ0) is 36.2. The van der Waals surface area contributed by atoms with E-state index in [1.54, 1.807) is 45.0 Å². The summed E-state index contributed by atoms with van der Waals surface area (Å²) in [6, 6.07) is 10.6. The van der Waals surface area contributed by atoms with Gasteiger partial charge in [-0.2, -0.15) is 5.26 Å². The third-order valence-corrected chi connectivity index (χ3v) is 9.04. The number of rotatable bonds is 17. The topological polar surface area (TPSA) is 190 Å². The fraction of sp³-hybridized carbons (Fsp3) is 0.485. The molecule has 0 aliphatic rings. The molecule has 2 aromatic rings. The van der Waals surface area contributed by atoms with Crippen molar-refractivity contribution in [3.8, 4) is 6.07 Å². The Hall–Kier alpha value is -4.19. The number of likely N-dealkylation sites (N-methyl/N-ethyl adjacent to an activating group) is 1. The van der Waals surface area contributed by atoms with E-state index in [0.29, 0.717) is 11.6 Å². The highest BCUT2D eigenvalue weighted by atomic mass is 35.5. The van der Waals surface area contributed by atoms with E-state index in [9.17, 15) is 32.9 Å². The van der Waals surface area contributed by atoms with Crippen LogP contribution in [0.2, 0.25) is 5.02 Å². The predicted octanol–water partition coefficient (Wildman–Crippen LogP) is 2.88. The Morgan fingerprint density at radius 2 is 1.56 bits per heavy atom. The molecule has 0 aliphatic heterocycles. The maximum Gasteiger partial charge on any atom is 0.251 e. The van der Waals surface area contributed by atoms with E-state index in [0.717, 1.165) is 16.1 Å². The van der Waals surface area contributed by atoms with Gasteiger partial charge in [0.2, 0.25) is 21.8 Å². The Kier molecular flexibility index (Phi) is 15.3. The van der Waals surface area contributed by atoms with Gasteiger partial charge >= 0.3 is 0 Å². The van der Waals surface area contributed by atoms with E-state index in [-0.39, 0.29) is 48.0 Å². The molecule has 0 unspecified atom stereocenters. The Morgan fingerprint density at radius 1 is 0.938 bits per heavy atom. The molecule has 0 spiro atoms. The van der Waals surface area contributed by atoms with Crippen molar-refractivity contribution in [2.45, 2.75) is 71.6 Å². The van der Waals surface area contributed by atoms with Gasteiger partial charge in [0.1, 0.15) is 6.04 Å². The number of amides is 4. The molecule has 0 heterocycles. The molecule has 4 amide bonds. The summed E-state index contributed by atoms with van der Waals surface area (Å²) < 4.78 is 25.7. The third kappa shape index (κ3) is 12.1. The lowest BCUT2D eigenvalue weighted by molar-refractivity contribution is -0.130. The number of nitrogens with one attached hydrogen (secondary N) is 5. The van der Waals surface area contributed by atoms with Crippen LogP contribution in [0.15, 0.2) is 42.5 Å². The molecule has 2 rings (SSSR count). The number of carbonyl (C=O) groups excluding carboxylic acids is 4. The van der Waals surface area contributed by atoms with Gasteiger partial charge in [-0.3, -0.25) is 23.5 Å². The first kappa shape index (κ1) is 40.0. The minimum absolute atomic E-state index is 0.0121. The van der Waals surface area contributed by atoms with Crippen molar-refractivity contribution in [1.29, 1.82) is 5.26 Å². The summed E-state index contributed by atoms with van der Waals surface area (Å²) in [6.07, 6.45) is 1.34. The largest absolute Gasteiger partial charge is 0.355 e. The average Bonchev–Trinajstić information content (AvgIpc) is 3.03. The second-order valence-corrected chi connectivity index (χ2v) is 14.3. The lowest BCUT2D eigenvalue weighted by Gasteiger charge is -2.25. The molecule has 0 saturated heterocycles. The van der Waals surface area contributed by atoms with E-state index < -0.39 is 51.9 Å². The number of anilines is 1. The SMILES string of the molecule is CCNC(=O)[C@@H](NC(=O)[C@H](C)NC[C@H](CCC#N)NC(=O)c1cc(C(=O)N[C@H](C)c2cccc(Cl)c2)cc(N(C)S(C)(=O)=O)c1)C(C)C. The minimum Gasteiger partial charge on any atom is -0.355 e. The highest BCUT2D eigenvalue weighted by molar-refractivity contribution is 7.92. The number of halogens is 1. The fourth-order valence-corrected chi connectivity index (χ4v) is 5.31.